The molecule has 0 aromatic carbocycles. The molecule has 48 valence electrons. The van der Waals surface area contributed by atoms with Crippen molar-refractivity contribution in [3.63, 3.8) is 0 Å². The van der Waals surface area contributed by atoms with E-state index in [9.17, 15) is 4.79 Å². The van der Waals surface area contributed by atoms with E-state index in [0.29, 0.717) is 0 Å². The molecule has 0 aliphatic carbocycles. The zero-order chi connectivity index (χ0) is 6.57. The second-order valence-electron chi connectivity index (χ2n) is 1.22. The molecule has 0 saturated heterocycles. The van der Waals surface area contributed by atoms with Crippen molar-refractivity contribution in [2.75, 3.05) is 0 Å². The van der Waals surface area contributed by atoms with Gasteiger partial charge in [0, 0.05) is 0 Å². The summed E-state index contributed by atoms with van der Waals surface area (Å²) in [6.45, 7) is 1.43. The smallest absolute Gasteiger partial charge is 0.355 e. The number of carbonyl (C=O) groups is 1. The summed E-state index contributed by atoms with van der Waals surface area (Å²) in [6.07, 6.45) is -0.792. The molecule has 0 fully saturated rings. The van der Waals surface area contributed by atoms with Crippen LogP contribution < -0.4 is 11.8 Å². The molecule has 0 radical (unpaired) electrons. The van der Waals surface area contributed by atoms with Crippen molar-refractivity contribution < 1.29 is 14.5 Å². The Labute approximate surface area is 46.4 Å². The maximum Gasteiger partial charge on any atom is 0.355 e. The van der Waals surface area contributed by atoms with E-state index < -0.39 is 12.1 Å². The highest BCUT2D eigenvalue weighted by Crippen LogP contribution is 1.84. The molecule has 0 aromatic heterocycles. The molecule has 5 nitrogen and oxygen atoms in total. The van der Waals surface area contributed by atoms with E-state index in [1.54, 1.807) is 0 Å². The van der Waals surface area contributed by atoms with Crippen molar-refractivity contribution in [2.24, 2.45) is 11.8 Å². The highest BCUT2D eigenvalue weighted by Gasteiger charge is 2.11. The maximum absolute atomic E-state index is 10.2. The van der Waals surface area contributed by atoms with Gasteiger partial charge in [-0.3, -0.25) is 4.84 Å². The number of rotatable bonds is 2. The van der Waals surface area contributed by atoms with Gasteiger partial charge in [0.2, 0.25) is 0 Å². The molecule has 0 spiro atoms. The van der Waals surface area contributed by atoms with Gasteiger partial charge in [-0.05, 0) is 6.92 Å². The van der Waals surface area contributed by atoms with Crippen LogP contribution in [0.25, 0.3) is 0 Å². The fraction of sp³-hybridized carbons (Fsp3) is 0.667. The van der Waals surface area contributed by atoms with Crippen LogP contribution in [0.3, 0.4) is 0 Å². The third kappa shape index (κ3) is 1.87. The lowest BCUT2D eigenvalue weighted by molar-refractivity contribution is -0.156. The van der Waals surface area contributed by atoms with Crippen LogP contribution in [-0.2, 0) is 14.5 Å². The van der Waals surface area contributed by atoms with Crippen LogP contribution in [0.5, 0.6) is 0 Å². The van der Waals surface area contributed by atoms with Gasteiger partial charge >= 0.3 is 5.97 Å². The minimum absolute atomic E-state index is 0.687. The van der Waals surface area contributed by atoms with Gasteiger partial charge in [0.05, 0.1) is 0 Å². The van der Waals surface area contributed by atoms with Crippen molar-refractivity contribution in [1.82, 2.24) is 0 Å². The topological polar surface area (TPSA) is 87.6 Å². The third-order valence-electron chi connectivity index (χ3n) is 0.652. The molecule has 0 bridgehead atoms. The zero-order valence-corrected chi connectivity index (χ0v) is 4.46. The zero-order valence-electron chi connectivity index (χ0n) is 4.46. The fourth-order valence-corrected chi connectivity index (χ4v) is 0.151. The van der Waals surface area contributed by atoms with Gasteiger partial charge in [-0.1, -0.05) is 0 Å². The first-order valence-corrected chi connectivity index (χ1v) is 1.98. The van der Waals surface area contributed by atoms with Crippen LogP contribution in [0.15, 0.2) is 0 Å². The van der Waals surface area contributed by atoms with E-state index in [0.717, 1.165) is 0 Å². The molecular weight excluding hydrogens is 112 g/mol. The van der Waals surface area contributed by atoms with E-state index >= 15 is 0 Å². The summed E-state index contributed by atoms with van der Waals surface area (Å²) in [5.41, 5.74) is 0. The van der Waals surface area contributed by atoms with Gasteiger partial charge in [-0.15, -0.1) is 0 Å². The molecule has 0 aromatic rings. The summed E-state index contributed by atoms with van der Waals surface area (Å²) in [5.74, 6) is 8.37. The van der Waals surface area contributed by atoms with Crippen molar-refractivity contribution in [2.45, 2.75) is 13.0 Å². The second kappa shape index (κ2) is 3.36. The highest BCUT2D eigenvalue weighted by atomic mass is 16.7. The first kappa shape index (κ1) is 7.35. The molecule has 0 rings (SSSR count). The van der Waals surface area contributed by atoms with E-state index in [4.69, 9.17) is 0 Å². The summed E-state index contributed by atoms with van der Waals surface area (Å²) in [7, 11) is 0. The maximum atomic E-state index is 10.2. The largest absolute Gasteiger partial charge is 0.371 e. The molecule has 0 amide bonds. The molecular formula is C3H8N2O3. The Balaban J connectivity index is 3.46. The van der Waals surface area contributed by atoms with Crippen molar-refractivity contribution >= 4 is 5.97 Å². The lowest BCUT2D eigenvalue weighted by atomic mass is 10.4. The molecule has 0 aliphatic rings. The first-order chi connectivity index (χ1) is 3.72. The van der Waals surface area contributed by atoms with Crippen LogP contribution >= 0.6 is 0 Å². The van der Waals surface area contributed by atoms with Crippen LogP contribution in [-0.4, -0.2) is 12.1 Å². The minimum Gasteiger partial charge on any atom is -0.371 e. The van der Waals surface area contributed by atoms with Crippen molar-refractivity contribution in [3.05, 3.63) is 0 Å². The summed E-state index contributed by atoms with van der Waals surface area (Å²) in [5, 5.41) is 0. The predicted molar refractivity (Wildman–Crippen MR) is 25.0 cm³/mol. The summed E-state index contributed by atoms with van der Waals surface area (Å²) in [6, 6.07) is 0. The number of hydrogen-bond acceptors (Lipinski definition) is 5. The number of hydrogen-bond donors (Lipinski definition) is 2. The number of nitrogens with two attached hydrogens (primary N) is 2. The van der Waals surface area contributed by atoms with Gasteiger partial charge in [0.1, 0.15) is 0 Å². The molecule has 0 saturated carbocycles. The molecule has 0 aliphatic heterocycles. The predicted octanol–water partition coefficient (Wildman–Crippen LogP) is -1.32. The molecule has 8 heavy (non-hydrogen) atoms. The van der Waals surface area contributed by atoms with E-state index in [1.807, 2.05) is 0 Å². The Morgan fingerprint density at radius 1 is 1.62 bits per heavy atom. The second-order valence-corrected chi connectivity index (χ2v) is 1.22. The Hall–Kier alpha value is -0.650. The van der Waals surface area contributed by atoms with Crippen LogP contribution in [0.2, 0.25) is 0 Å². The summed E-state index contributed by atoms with van der Waals surface area (Å²) >= 11 is 0. The quantitative estimate of drug-likeness (QED) is 0.441. The van der Waals surface area contributed by atoms with Gasteiger partial charge in [-0.2, -0.15) is 5.90 Å². The average molecular weight is 120 g/mol. The monoisotopic (exact) mass is 120 g/mol. The SMILES string of the molecule is CC(ON)C(=O)ON. The molecule has 4 N–H and O–H groups in total. The Kier molecular flexibility index (Phi) is 3.09. The average Bonchev–Trinajstić information content (AvgIpc) is 1.84. The van der Waals surface area contributed by atoms with Gasteiger partial charge < -0.3 is 4.84 Å². The molecule has 1 atom stereocenters. The fourth-order valence-electron chi connectivity index (χ4n) is 0.151. The van der Waals surface area contributed by atoms with Crippen LogP contribution in [0, 0.1) is 0 Å². The first-order valence-electron chi connectivity index (χ1n) is 1.98. The third-order valence-corrected chi connectivity index (χ3v) is 0.652. The lowest BCUT2D eigenvalue weighted by Crippen LogP contribution is -2.27. The Bertz CT molecular complexity index is 84.6. The highest BCUT2D eigenvalue weighted by molar-refractivity contribution is 5.73. The molecule has 5 heteroatoms. The van der Waals surface area contributed by atoms with Crippen LogP contribution in [0.4, 0.5) is 0 Å². The lowest BCUT2D eigenvalue weighted by Gasteiger charge is -2.02. The van der Waals surface area contributed by atoms with Gasteiger partial charge in [0.15, 0.2) is 6.10 Å². The number of carbonyl (C=O) groups excluding carboxylic acids is 1. The summed E-state index contributed by atoms with van der Waals surface area (Å²) in [4.78, 5) is 18.0. The van der Waals surface area contributed by atoms with Gasteiger partial charge in [0.25, 0.3) is 0 Å². The van der Waals surface area contributed by atoms with Crippen LogP contribution in [0.1, 0.15) is 6.92 Å². The molecule has 1 unspecified atom stereocenters. The van der Waals surface area contributed by atoms with E-state index in [2.05, 4.69) is 21.5 Å². The van der Waals surface area contributed by atoms with E-state index in [-0.39, 0.29) is 0 Å². The Morgan fingerprint density at radius 3 is 2.25 bits per heavy atom. The summed E-state index contributed by atoms with van der Waals surface area (Å²) < 4.78 is 0. The Morgan fingerprint density at radius 2 is 2.12 bits per heavy atom. The normalized spacial score (nSPS) is 12.9. The van der Waals surface area contributed by atoms with E-state index in [1.165, 1.54) is 6.92 Å². The van der Waals surface area contributed by atoms with Crippen molar-refractivity contribution in [3.8, 4) is 0 Å². The van der Waals surface area contributed by atoms with Gasteiger partial charge in [-0.25, -0.2) is 10.7 Å². The van der Waals surface area contributed by atoms with Crippen molar-refractivity contribution in [1.29, 1.82) is 0 Å². The minimum atomic E-state index is -0.792. The standard InChI is InChI=1S/C3H8N2O3/c1-2(7-4)3(6)8-5/h2H,4-5H2,1H3. The molecule has 0 heterocycles.